The minimum Gasteiger partial charge on any atom is -0.405 e. The minimum absolute atomic E-state index is 0.133. The quantitative estimate of drug-likeness (QED) is 0.659. The van der Waals surface area contributed by atoms with Crippen molar-refractivity contribution in [2.24, 2.45) is 0 Å². The van der Waals surface area contributed by atoms with Gasteiger partial charge in [0.15, 0.2) is 0 Å². The molecule has 0 amide bonds. The van der Waals surface area contributed by atoms with E-state index >= 15 is 0 Å². The summed E-state index contributed by atoms with van der Waals surface area (Å²) in [6.07, 6.45) is -4.63. The van der Waals surface area contributed by atoms with E-state index in [1.807, 2.05) is 0 Å². The Balaban J connectivity index is 3.00. The lowest BCUT2D eigenvalue weighted by atomic mass is 10.1. The Hall–Kier alpha value is -1.19. The lowest BCUT2D eigenvalue weighted by molar-refractivity contribution is -0.275. The number of halogens is 3. The smallest absolute Gasteiger partial charge is 0.405 e. The minimum atomic E-state index is -4.63. The van der Waals surface area contributed by atoms with Gasteiger partial charge in [-0.15, -0.1) is 13.2 Å². The van der Waals surface area contributed by atoms with Gasteiger partial charge in [-0.2, -0.15) is 0 Å². The van der Waals surface area contributed by atoms with E-state index in [9.17, 15) is 13.2 Å². The normalized spacial score (nSPS) is 11.5. The fourth-order valence-electron chi connectivity index (χ4n) is 1.01. The number of benzene rings is 1. The first kappa shape index (κ1) is 9.89. The molecule has 0 atom stereocenters. The van der Waals surface area contributed by atoms with Gasteiger partial charge in [0.25, 0.3) is 0 Å². The summed E-state index contributed by atoms with van der Waals surface area (Å²) in [6.45, 7) is 3.09. The SMILES string of the molecule is Cc1c[c]cc(C)c1OC(F)(F)F. The Kier molecular flexibility index (Phi) is 2.50. The summed E-state index contributed by atoms with van der Waals surface area (Å²) < 4.78 is 39.4. The highest BCUT2D eigenvalue weighted by molar-refractivity contribution is 5.39. The molecule has 0 N–H and O–H groups in total. The van der Waals surface area contributed by atoms with Crippen molar-refractivity contribution in [2.75, 3.05) is 0 Å². The Labute approximate surface area is 74.1 Å². The molecule has 1 nitrogen and oxygen atoms in total. The molecule has 0 aliphatic rings. The highest BCUT2D eigenvalue weighted by Crippen LogP contribution is 2.28. The van der Waals surface area contributed by atoms with E-state index in [1.54, 1.807) is 13.8 Å². The topological polar surface area (TPSA) is 9.23 Å². The Morgan fingerprint density at radius 1 is 1.15 bits per heavy atom. The number of hydrogen-bond donors (Lipinski definition) is 0. The molecule has 0 heterocycles. The van der Waals surface area contributed by atoms with Crippen molar-refractivity contribution in [3.8, 4) is 5.75 Å². The third-order valence-corrected chi connectivity index (χ3v) is 1.53. The molecule has 0 aromatic heterocycles. The van der Waals surface area contributed by atoms with Gasteiger partial charge in [-0.05, 0) is 43.2 Å². The highest BCUT2D eigenvalue weighted by Gasteiger charge is 2.32. The standard InChI is InChI=1S/C9H8F3O/c1-6-4-3-5-7(2)8(6)13-9(10,11)12/h4-5H,1-2H3. The van der Waals surface area contributed by atoms with E-state index in [2.05, 4.69) is 10.8 Å². The molecule has 0 bridgehead atoms. The van der Waals surface area contributed by atoms with Crippen LogP contribution < -0.4 is 4.74 Å². The fraction of sp³-hybridized carbons (Fsp3) is 0.333. The van der Waals surface area contributed by atoms with Crippen LogP contribution in [0.25, 0.3) is 0 Å². The molecular weight excluding hydrogens is 181 g/mol. The lowest BCUT2D eigenvalue weighted by Crippen LogP contribution is -2.18. The zero-order valence-corrected chi connectivity index (χ0v) is 7.20. The van der Waals surface area contributed by atoms with Gasteiger partial charge in [-0.25, -0.2) is 0 Å². The van der Waals surface area contributed by atoms with Gasteiger partial charge in [0.05, 0.1) is 0 Å². The molecule has 0 aliphatic carbocycles. The van der Waals surface area contributed by atoms with Crippen molar-refractivity contribution >= 4 is 0 Å². The largest absolute Gasteiger partial charge is 0.573 e. The first-order chi connectivity index (χ1) is 5.90. The average Bonchev–Trinajstić information content (AvgIpc) is 1.95. The van der Waals surface area contributed by atoms with Crippen molar-refractivity contribution in [2.45, 2.75) is 20.2 Å². The van der Waals surface area contributed by atoms with Crippen LogP contribution in [0.4, 0.5) is 13.2 Å². The van der Waals surface area contributed by atoms with Gasteiger partial charge in [-0.3, -0.25) is 0 Å². The summed E-state index contributed by atoms with van der Waals surface area (Å²) in [4.78, 5) is 0. The van der Waals surface area contributed by atoms with Crippen LogP contribution in [-0.2, 0) is 0 Å². The van der Waals surface area contributed by atoms with Crippen LogP contribution >= 0.6 is 0 Å². The predicted molar refractivity (Wildman–Crippen MR) is 41.4 cm³/mol. The second-order valence-electron chi connectivity index (χ2n) is 2.70. The third-order valence-electron chi connectivity index (χ3n) is 1.53. The summed E-state index contributed by atoms with van der Waals surface area (Å²) in [5.74, 6) is -0.133. The number of aryl methyl sites for hydroxylation is 2. The van der Waals surface area contributed by atoms with Crippen LogP contribution in [0.15, 0.2) is 12.1 Å². The van der Waals surface area contributed by atoms with Crippen molar-refractivity contribution in [1.82, 2.24) is 0 Å². The van der Waals surface area contributed by atoms with Crippen LogP contribution in [0.5, 0.6) is 5.75 Å². The van der Waals surface area contributed by atoms with E-state index in [1.165, 1.54) is 12.1 Å². The van der Waals surface area contributed by atoms with Crippen LogP contribution in [0, 0.1) is 19.9 Å². The first-order valence-electron chi connectivity index (χ1n) is 3.63. The monoisotopic (exact) mass is 189 g/mol. The summed E-state index contributed by atoms with van der Waals surface area (Å²) in [7, 11) is 0. The molecule has 1 radical (unpaired) electrons. The summed E-state index contributed by atoms with van der Waals surface area (Å²) in [6, 6.07) is 5.61. The number of alkyl halides is 3. The molecule has 1 aromatic rings. The molecule has 71 valence electrons. The molecule has 4 heteroatoms. The van der Waals surface area contributed by atoms with Gasteiger partial charge in [0.1, 0.15) is 5.75 Å². The van der Waals surface area contributed by atoms with Crippen molar-refractivity contribution < 1.29 is 17.9 Å². The zero-order chi connectivity index (χ0) is 10.1. The maximum absolute atomic E-state index is 11.9. The van der Waals surface area contributed by atoms with E-state index in [0.29, 0.717) is 11.1 Å². The number of rotatable bonds is 1. The lowest BCUT2D eigenvalue weighted by Gasteiger charge is -2.13. The van der Waals surface area contributed by atoms with Gasteiger partial charge in [-0.1, -0.05) is 0 Å². The molecule has 0 spiro atoms. The Morgan fingerprint density at radius 2 is 1.62 bits per heavy atom. The number of hydrogen-bond acceptors (Lipinski definition) is 1. The van der Waals surface area contributed by atoms with Crippen LogP contribution in [0.2, 0.25) is 0 Å². The number of ether oxygens (including phenoxy) is 1. The first-order valence-corrected chi connectivity index (χ1v) is 3.63. The third kappa shape index (κ3) is 2.65. The van der Waals surface area contributed by atoms with Crippen molar-refractivity contribution in [1.29, 1.82) is 0 Å². The maximum Gasteiger partial charge on any atom is 0.573 e. The fourth-order valence-corrected chi connectivity index (χ4v) is 1.01. The molecule has 1 aromatic carbocycles. The second-order valence-corrected chi connectivity index (χ2v) is 2.70. The molecular formula is C9H8F3O. The molecule has 1 rings (SSSR count). The summed E-state index contributed by atoms with van der Waals surface area (Å²) in [5, 5.41) is 0. The molecule has 0 unspecified atom stereocenters. The Bertz CT molecular complexity index is 284. The van der Waals surface area contributed by atoms with Gasteiger partial charge < -0.3 is 4.74 Å². The van der Waals surface area contributed by atoms with Crippen molar-refractivity contribution in [3.63, 3.8) is 0 Å². The van der Waals surface area contributed by atoms with Gasteiger partial charge in [0, 0.05) is 0 Å². The maximum atomic E-state index is 11.9. The molecule has 0 saturated heterocycles. The van der Waals surface area contributed by atoms with Gasteiger partial charge in [0.2, 0.25) is 0 Å². The van der Waals surface area contributed by atoms with Crippen LogP contribution in [0.3, 0.4) is 0 Å². The van der Waals surface area contributed by atoms with Gasteiger partial charge >= 0.3 is 6.36 Å². The van der Waals surface area contributed by atoms with E-state index in [4.69, 9.17) is 0 Å². The van der Waals surface area contributed by atoms with E-state index < -0.39 is 6.36 Å². The molecule has 0 aliphatic heterocycles. The second kappa shape index (κ2) is 3.28. The molecule has 0 saturated carbocycles. The molecule has 13 heavy (non-hydrogen) atoms. The van der Waals surface area contributed by atoms with Crippen molar-refractivity contribution in [3.05, 3.63) is 29.3 Å². The van der Waals surface area contributed by atoms with Crippen LogP contribution in [-0.4, -0.2) is 6.36 Å². The molecule has 0 fully saturated rings. The van der Waals surface area contributed by atoms with Crippen LogP contribution in [0.1, 0.15) is 11.1 Å². The van der Waals surface area contributed by atoms with E-state index in [0.717, 1.165) is 0 Å². The van der Waals surface area contributed by atoms with E-state index in [-0.39, 0.29) is 5.75 Å². The highest BCUT2D eigenvalue weighted by atomic mass is 19.4. The average molecular weight is 189 g/mol. The Morgan fingerprint density at radius 3 is 2.00 bits per heavy atom. The predicted octanol–water partition coefficient (Wildman–Crippen LogP) is 3.00. The zero-order valence-electron chi connectivity index (χ0n) is 7.20. The summed E-state index contributed by atoms with van der Waals surface area (Å²) in [5.41, 5.74) is 0.856. The summed E-state index contributed by atoms with van der Waals surface area (Å²) >= 11 is 0.